The molecule has 2 heterocycles. The first kappa shape index (κ1) is 15.4. The summed E-state index contributed by atoms with van der Waals surface area (Å²) >= 11 is 0. The SMILES string of the molecule is C=C1C(C)N2CCCCC2CN1c1cccc(C(F)(F)F)c1. The Bertz CT molecular complexity index is 567. The number of halogens is 3. The van der Waals surface area contributed by atoms with Crippen molar-refractivity contribution in [3.05, 3.63) is 42.1 Å². The summed E-state index contributed by atoms with van der Waals surface area (Å²) in [5.41, 5.74) is 0.880. The molecule has 2 atom stereocenters. The van der Waals surface area contributed by atoms with Gasteiger partial charge in [0.15, 0.2) is 0 Å². The lowest BCUT2D eigenvalue weighted by Gasteiger charge is -2.50. The van der Waals surface area contributed by atoms with E-state index >= 15 is 0 Å². The summed E-state index contributed by atoms with van der Waals surface area (Å²) < 4.78 is 38.8. The van der Waals surface area contributed by atoms with E-state index in [0.717, 1.165) is 31.3 Å². The van der Waals surface area contributed by atoms with Crippen molar-refractivity contribution in [1.29, 1.82) is 0 Å². The molecule has 0 radical (unpaired) electrons. The maximum Gasteiger partial charge on any atom is 0.416 e. The van der Waals surface area contributed by atoms with Crippen molar-refractivity contribution in [2.45, 2.75) is 44.4 Å². The van der Waals surface area contributed by atoms with Crippen LogP contribution in [0.25, 0.3) is 0 Å². The van der Waals surface area contributed by atoms with Crippen LogP contribution in [-0.4, -0.2) is 30.1 Å². The van der Waals surface area contributed by atoms with Crippen LogP contribution in [0.1, 0.15) is 31.7 Å². The Labute approximate surface area is 129 Å². The second-order valence-electron chi connectivity index (χ2n) is 6.21. The molecule has 1 aromatic carbocycles. The molecule has 5 heteroatoms. The Morgan fingerprint density at radius 2 is 2.00 bits per heavy atom. The van der Waals surface area contributed by atoms with Crippen LogP contribution in [0, 0.1) is 0 Å². The highest BCUT2D eigenvalue weighted by Crippen LogP contribution is 2.36. The van der Waals surface area contributed by atoms with E-state index in [1.165, 1.54) is 25.0 Å². The minimum Gasteiger partial charge on any atom is -0.343 e. The Hall–Kier alpha value is -1.49. The average Bonchev–Trinajstić information content (AvgIpc) is 2.50. The van der Waals surface area contributed by atoms with E-state index in [2.05, 4.69) is 18.4 Å². The largest absolute Gasteiger partial charge is 0.416 e. The number of nitrogens with zero attached hydrogens (tertiary/aromatic N) is 2. The molecule has 0 spiro atoms. The van der Waals surface area contributed by atoms with Gasteiger partial charge in [-0.25, -0.2) is 0 Å². The van der Waals surface area contributed by atoms with Gasteiger partial charge in [-0.05, 0) is 44.5 Å². The fourth-order valence-electron chi connectivity index (χ4n) is 3.60. The molecule has 2 aliphatic rings. The van der Waals surface area contributed by atoms with Gasteiger partial charge < -0.3 is 4.90 Å². The fourth-order valence-corrected chi connectivity index (χ4v) is 3.60. The number of hydrogen-bond donors (Lipinski definition) is 0. The zero-order chi connectivity index (χ0) is 15.9. The minimum absolute atomic E-state index is 0.175. The van der Waals surface area contributed by atoms with E-state index in [0.29, 0.717) is 11.7 Å². The zero-order valence-corrected chi connectivity index (χ0v) is 12.7. The second kappa shape index (κ2) is 5.61. The summed E-state index contributed by atoms with van der Waals surface area (Å²) in [6, 6.07) is 6.15. The van der Waals surface area contributed by atoms with Crippen LogP contribution < -0.4 is 4.90 Å². The molecule has 3 rings (SSSR count). The van der Waals surface area contributed by atoms with E-state index in [1.54, 1.807) is 6.07 Å². The van der Waals surface area contributed by atoms with Gasteiger partial charge in [-0.3, -0.25) is 4.90 Å². The molecule has 0 N–H and O–H groups in total. The third-order valence-corrected chi connectivity index (χ3v) is 4.88. The van der Waals surface area contributed by atoms with Crippen molar-refractivity contribution in [2.24, 2.45) is 0 Å². The van der Waals surface area contributed by atoms with Gasteiger partial charge in [0.05, 0.1) is 5.56 Å². The van der Waals surface area contributed by atoms with E-state index in [9.17, 15) is 13.2 Å². The number of rotatable bonds is 1. The van der Waals surface area contributed by atoms with Gasteiger partial charge in [0.2, 0.25) is 0 Å². The molecule has 0 saturated carbocycles. The average molecular weight is 310 g/mol. The Balaban J connectivity index is 1.89. The van der Waals surface area contributed by atoms with Crippen LogP contribution in [0.5, 0.6) is 0 Å². The predicted octanol–water partition coefficient (Wildman–Crippen LogP) is 4.28. The number of piperidine rings is 1. The highest BCUT2D eigenvalue weighted by Gasteiger charge is 2.37. The van der Waals surface area contributed by atoms with Crippen LogP contribution in [0.2, 0.25) is 0 Å². The topological polar surface area (TPSA) is 6.48 Å². The van der Waals surface area contributed by atoms with Crippen LogP contribution >= 0.6 is 0 Å². The van der Waals surface area contributed by atoms with Gasteiger partial charge in [0.1, 0.15) is 0 Å². The molecule has 120 valence electrons. The predicted molar refractivity (Wildman–Crippen MR) is 81.7 cm³/mol. The molecule has 2 nitrogen and oxygen atoms in total. The van der Waals surface area contributed by atoms with Crippen molar-refractivity contribution in [2.75, 3.05) is 18.0 Å². The lowest BCUT2D eigenvalue weighted by Crippen LogP contribution is -2.57. The number of anilines is 1. The molecule has 2 aliphatic heterocycles. The van der Waals surface area contributed by atoms with Crippen molar-refractivity contribution >= 4 is 5.69 Å². The zero-order valence-electron chi connectivity index (χ0n) is 12.7. The quantitative estimate of drug-likeness (QED) is 0.764. The molecule has 0 aromatic heterocycles. The molecule has 1 aromatic rings. The van der Waals surface area contributed by atoms with Crippen LogP contribution in [0.3, 0.4) is 0 Å². The second-order valence-corrected chi connectivity index (χ2v) is 6.21. The normalized spacial score (nSPS) is 26.9. The molecule has 0 amide bonds. The lowest BCUT2D eigenvalue weighted by molar-refractivity contribution is -0.137. The Morgan fingerprint density at radius 3 is 2.73 bits per heavy atom. The smallest absolute Gasteiger partial charge is 0.343 e. The first-order valence-corrected chi connectivity index (χ1v) is 7.77. The summed E-state index contributed by atoms with van der Waals surface area (Å²) in [6.45, 7) is 8.02. The molecule has 2 fully saturated rings. The van der Waals surface area contributed by atoms with Gasteiger partial charge in [0, 0.05) is 30.0 Å². The molecule has 2 saturated heterocycles. The van der Waals surface area contributed by atoms with Gasteiger partial charge in [0.25, 0.3) is 0 Å². The van der Waals surface area contributed by atoms with Crippen LogP contribution in [0.15, 0.2) is 36.5 Å². The number of fused-ring (bicyclic) bond motifs is 1. The minimum atomic E-state index is -4.31. The number of benzene rings is 1. The van der Waals surface area contributed by atoms with Crippen molar-refractivity contribution in [1.82, 2.24) is 4.90 Å². The van der Waals surface area contributed by atoms with Gasteiger partial charge in [-0.15, -0.1) is 0 Å². The van der Waals surface area contributed by atoms with E-state index in [1.807, 2.05) is 4.90 Å². The summed E-state index contributed by atoms with van der Waals surface area (Å²) in [5.74, 6) is 0. The van der Waals surface area contributed by atoms with E-state index in [4.69, 9.17) is 0 Å². The maximum atomic E-state index is 12.9. The van der Waals surface area contributed by atoms with Gasteiger partial charge in [-0.2, -0.15) is 13.2 Å². The van der Waals surface area contributed by atoms with Crippen LogP contribution in [-0.2, 0) is 6.18 Å². The number of piperazine rings is 1. The van der Waals surface area contributed by atoms with E-state index < -0.39 is 11.7 Å². The molecule has 22 heavy (non-hydrogen) atoms. The first-order chi connectivity index (χ1) is 10.4. The molecule has 0 bridgehead atoms. The number of hydrogen-bond acceptors (Lipinski definition) is 2. The summed E-state index contributed by atoms with van der Waals surface area (Å²) in [7, 11) is 0. The number of alkyl halides is 3. The highest BCUT2D eigenvalue weighted by atomic mass is 19.4. The summed E-state index contributed by atoms with van der Waals surface area (Å²) in [6.07, 6.45) is -0.822. The van der Waals surface area contributed by atoms with Gasteiger partial charge >= 0.3 is 6.18 Å². The Morgan fingerprint density at radius 1 is 1.23 bits per heavy atom. The van der Waals surface area contributed by atoms with Crippen molar-refractivity contribution < 1.29 is 13.2 Å². The standard InChI is InChI=1S/C17H21F3N2/c1-12-13(2)22(11-16-7-3-4-9-21(12)16)15-8-5-6-14(10-15)17(18,19)20/h5-6,8,10,12,16H,2-4,7,9,11H2,1H3. The van der Waals surface area contributed by atoms with E-state index in [-0.39, 0.29) is 6.04 Å². The van der Waals surface area contributed by atoms with Crippen molar-refractivity contribution in [3.63, 3.8) is 0 Å². The first-order valence-electron chi connectivity index (χ1n) is 7.77. The van der Waals surface area contributed by atoms with Crippen molar-refractivity contribution in [3.8, 4) is 0 Å². The lowest BCUT2D eigenvalue weighted by atomic mass is 9.94. The maximum absolute atomic E-state index is 12.9. The fraction of sp³-hybridized carbons (Fsp3) is 0.529. The summed E-state index contributed by atoms with van der Waals surface area (Å²) in [5, 5.41) is 0. The molecule has 0 aliphatic carbocycles. The Kier molecular flexibility index (Phi) is 3.93. The summed E-state index contributed by atoms with van der Waals surface area (Å²) in [4.78, 5) is 4.41. The molecular weight excluding hydrogens is 289 g/mol. The third-order valence-electron chi connectivity index (χ3n) is 4.88. The van der Waals surface area contributed by atoms with Crippen LogP contribution in [0.4, 0.5) is 18.9 Å². The van der Waals surface area contributed by atoms with Gasteiger partial charge in [-0.1, -0.05) is 19.1 Å². The third kappa shape index (κ3) is 2.74. The monoisotopic (exact) mass is 310 g/mol. The molecular formula is C17H21F3N2. The molecule has 2 unspecified atom stereocenters. The highest BCUT2D eigenvalue weighted by molar-refractivity contribution is 5.55.